The molecule has 2 aromatic carbocycles. The fourth-order valence-electron chi connectivity index (χ4n) is 3.89. The third-order valence-corrected chi connectivity index (χ3v) is 5.84. The third-order valence-electron chi connectivity index (χ3n) is 5.84. The number of carbonyl (C=O) groups is 2. The molecule has 152 valence electrons. The topological polar surface area (TPSA) is 85.7 Å². The summed E-state index contributed by atoms with van der Waals surface area (Å²) in [6.07, 6.45) is 3.66. The fourth-order valence-corrected chi connectivity index (χ4v) is 3.89. The molecule has 6 nitrogen and oxygen atoms in total. The van der Waals surface area contributed by atoms with Gasteiger partial charge in [0.25, 0.3) is 0 Å². The summed E-state index contributed by atoms with van der Waals surface area (Å²) in [6, 6.07) is 16.1. The maximum atomic E-state index is 13.1. The van der Waals surface area contributed by atoms with Crippen LogP contribution in [-0.2, 0) is 16.6 Å². The first-order chi connectivity index (χ1) is 14.5. The van der Waals surface area contributed by atoms with Crippen LogP contribution in [-0.4, -0.2) is 28.6 Å². The quantitative estimate of drug-likeness (QED) is 0.662. The minimum atomic E-state index is -0.954. The maximum absolute atomic E-state index is 13.1. The van der Waals surface area contributed by atoms with E-state index in [0.29, 0.717) is 5.75 Å². The van der Waals surface area contributed by atoms with Gasteiger partial charge in [0.1, 0.15) is 5.78 Å². The highest BCUT2D eigenvalue weighted by atomic mass is 16.7. The molecule has 1 saturated carbocycles. The van der Waals surface area contributed by atoms with Crippen molar-refractivity contribution >= 4 is 11.8 Å². The second kappa shape index (κ2) is 6.99. The zero-order chi connectivity index (χ0) is 20.7. The van der Waals surface area contributed by atoms with Crippen LogP contribution in [0, 0.1) is 0 Å². The number of benzene rings is 2. The number of hydrogen-bond donors (Lipinski definition) is 1. The predicted octanol–water partition coefficient (Wildman–Crippen LogP) is 4.26. The Balaban J connectivity index is 0.00000231. The summed E-state index contributed by atoms with van der Waals surface area (Å²) in [5.74, 6) is 0.621. The minimum absolute atomic E-state index is 0. The second-order valence-corrected chi connectivity index (χ2v) is 7.67. The minimum Gasteiger partial charge on any atom is -0.478 e. The molecule has 1 N–H and O–H groups in total. The summed E-state index contributed by atoms with van der Waals surface area (Å²) in [5.41, 5.74) is 3.25. The second-order valence-electron chi connectivity index (χ2n) is 7.67. The van der Waals surface area contributed by atoms with Crippen LogP contribution in [0.5, 0.6) is 11.5 Å². The molecule has 0 radical (unpaired) electrons. The molecule has 3 aromatic rings. The largest absolute Gasteiger partial charge is 0.478 e. The molecule has 0 amide bonds. The molecule has 1 aromatic heterocycles. The van der Waals surface area contributed by atoms with E-state index in [-0.39, 0.29) is 26.0 Å². The van der Waals surface area contributed by atoms with Crippen molar-refractivity contribution in [2.45, 2.75) is 24.7 Å². The Morgan fingerprint density at radius 1 is 0.967 bits per heavy atom. The van der Waals surface area contributed by atoms with Crippen LogP contribution in [0.3, 0.4) is 0 Å². The Bertz CT molecular complexity index is 1140. The van der Waals surface area contributed by atoms with E-state index in [9.17, 15) is 9.59 Å². The number of rotatable bonds is 6. The van der Waals surface area contributed by atoms with Crippen LogP contribution in [0.4, 0.5) is 0 Å². The molecule has 30 heavy (non-hydrogen) atoms. The molecule has 2 heterocycles. The molecule has 0 spiro atoms. The van der Waals surface area contributed by atoms with Crippen molar-refractivity contribution in [2.24, 2.45) is 0 Å². The molecule has 0 saturated heterocycles. The number of pyridine rings is 1. The van der Waals surface area contributed by atoms with Crippen molar-refractivity contribution in [1.29, 1.82) is 0 Å². The first-order valence-electron chi connectivity index (χ1n) is 9.77. The highest BCUT2D eigenvalue weighted by molar-refractivity contribution is 5.94. The number of carboxylic acids is 1. The van der Waals surface area contributed by atoms with Crippen molar-refractivity contribution < 1.29 is 25.6 Å². The highest BCUT2D eigenvalue weighted by Crippen LogP contribution is 2.51. The van der Waals surface area contributed by atoms with Gasteiger partial charge in [0, 0.05) is 25.3 Å². The molecule has 6 heteroatoms. The Kier molecular flexibility index (Phi) is 4.28. The monoisotopic (exact) mass is 403 g/mol. The number of hydrogen-bond acceptors (Lipinski definition) is 5. The SMILES string of the molecule is O=C(O)c1ccc(-c2ccc(CC(=O)C3(c4ccc5c(c4)OCO5)CC3)nc2)cc1.[HH]. The Morgan fingerprint density at radius 3 is 2.37 bits per heavy atom. The van der Waals surface area contributed by atoms with Gasteiger partial charge in [-0.3, -0.25) is 9.78 Å². The summed E-state index contributed by atoms with van der Waals surface area (Å²) in [4.78, 5) is 28.5. The van der Waals surface area contributed by atoms with Crippen LogP contribution in [0.1, 0.15) is 35.9 Å². The molecule has 1 aliphatic carbocycles. The number of aromatic carboxylic acids is 1. The van der Waals surface area contributed by atoms with Crippen molar-refractivity contribution in [1.82, 2.24) is 4.98 Å². The summed E-state index contributed by atoms with van der Waals surface area (Å²) in [6.45, 7) is 0.217. The van der Waals surface area contributed by atoms with Crippen LogP contribution in [0.15, 0.2) is 60.8 Å². The lowest BCUT2D eigenvalue weighted by atomic mass is 9.88. The summed E-state index contributed by atoms with van der Waals surface area (Å²) in [7, 11) is 0. The van der Waals surface area contributed by atoms with Gasteiger partial charge in [-0.1, -0.05) is 24.3 Å². The highest BCUT2D eigenvalue weighted by Gasteiger charge is 2.50. The van der Waals surface area contributed by atoms with Crippen LogP contribution < -0.4 is 9.47 Å². The Labute approximate surface area is 174 Å². The third kappa shape index (κ3) is 3.20. The van der Waals surface area contributed by atoms with Crippen LogP contribution in [0.2, 0.25) is 0 Å². The van der Waals surface area contributed by atoms with E-state index in [1.54, 1.807) is 30.5 Å². The van der Waals surface area contributed by atoms with E-state index in [4.69, 9.17) is 14.6 Å². The number of Topliss-reactive ketones (excluding diaryl/α,β-unsaturated/α-hetero) is 1. The molecular weight excluding hydrogens is 382 g/mol. The zero-order valence-corrected chi connectivity index (χ0v) is 16.1. The van der Waals surface area contributed by atoms with Crippen molar-refractivity contribution in [3.63, 3.8) is 0 Å². The first kappa shape index (κ1) is 18.4. The lowest BCUT2D eigenvalue weighted by molar-refractivity contribution is -0.120. The predicted molar refractivity (Wildman–Crippen MR) is 111 cm³/mol. The molecule has 1 aliphatic heterocycles. The number of nitrogens with zero attached hydrogens (tertiary/aromatic N) is 1. The lowest BCUT2D eigenvalue weighted by Gasteiger charge is -2.15. The average molecular weight is 403 g/mol. The summed E-state index contributed by atoms with van der Waals surface area (Å²) >= 11 is 0. The average Bonchev–Trinajstić information content (AvgIpc) is 3.45. The molecule has 0 bridgehead atoms. The van der Waals surface area contributed by atoms with E-state index in [0.717, 1.165) is 41.0 Å². The van der Waals surface area contributed by atoms with Crippen LogP contribution in [0.25, 0.3) is 11.1 Å². The maximum Gasteiger partial charge on any atom is 0.335 e. The van der Waals surface area contributed by atoms with E-state index >= 15 is 0 Å². The normalized spacial score (nSPS) is 15.6. The molecule has 5 rings (SSSR count). The molecule has 0 unspecified atom stereocenters. The molecular formula is C24H21NO5. The number of ether oxygens (including phenoxy) is 2. The summed E-state index contributed by atoms with van der Waals surface area (Å²) in [5, 5.41) is 9.01. The number of ketones is 1. The van der Waals surface area contributed by atoms with Gasteiger partial charge < -0.3 is 14.6 Å². The molecule has 0 atom stereocenters. The Morgan fingerprint density at radius 2 is 1.70 bits per heavy atom. The summed E-state index contributed by atoms with van der Waals surface area (Å²) < 4.78 is 10.8. The molecule has 1 fully saturated rings. The number of carboxylic acid groups (broad SMARTS) is 1. The van der Waals surface area contributed by atoms with Gasteiger partial charge in [-0.25, -0.2) is 4.79 Å². The van der Waals surface area contributed by atoms with Crippen molar-refractivity contribution in [3.8, 4) is 22.6 Å². The zero-order valence-electron chi connectivity index (χ0n) is 16.1. The van der Waals surface area contributed by atoms with E-state index < -0.39 is 11.4 Å². The fraction of sp³-hybridized carbons (Fsp3) is 0.208. The van der Waals surface area contributed by atoms with Crippen molar-refractivity contribution in [3.05, 3.63) is 77.6 Å². The van der Waals surface area contributed by atoms with Gasteiger partial charge in [-0.15, -0.1) is 0 Å². The van der Waals surface area contributed by atoms with Gasteiger partial charge in [0.15, 0.2) is 11.5 Å². The van der Waals surface area contributed by atoms with E-state index in [1.807, 2.05) is 30.3 Å². The van der Waals surface area contributed by atoms with Gasteiger partial charge in [0.05, 0.1) is 11.0 Å². The smallest absolute Gasteiger partial charge is 0.335 e. The van der Waals surface area contributed by atoms with E-state index in [2.05, 4.69) is 4.98 Å². The lowest BCUT2D eigenvalue weighted by Crippen LogP contribution is -2.22. The standard InChI is InChI=1S/C24H19NO5.H2/c26-22(24(9-10-24)18-6-8-20-21(11-18)30-14-29-20)12-19-7-5-17(13-25-19)15-1-3-16(4-2-15)23(27)28;/h1-8,11,13H,9-10,12,14H2,(H,27,28);1H. The molecule has 2 aliphatic rings. The first-order valence-corrected chi connectivity index (χ1v) is 9.77. The van der Waals surface area contributed by atoms with Crippen molar-refractivity contribution in [2.75, 3.05) is 6.79 Å². The van der Waals surface area contributed by atoms with Gasteiger partial charge in [-0.2, -0.15) is 0 Å². The van der Waals surface area contributed by atoms with Gasteiger partial charge in [0.2, 0.25) is 6.79 Å². The Hall–Kier alpha value is -3.67. The van der Waals surface area contributed by atoms with Gasteiger partial charge >= 0.3 is 5.97 Å². The van der Waals surface area contributed by atoms with Gasteiger partial charge in [-0.05, 0) is 54.3 Å². The number of fused-ring (bicyclic) bond motifs is 1. The van der Waals surface area contributed by atoms with E-state index in [1.165, 1.54) is 0 Å². The number of carbonyl (C=O) groups excluding carboxylic acids is 1. The van der Waals surface area contributed by atoms with Crippen LogP contribution >= 0.6 is 0 Å². The number of aromatic nitrogens is 1.